The van der Waals surface area contributed by atoms with Crippen molar-refractivity contribution in [3.05, 3.63) is 34.9 Å². The first-order valence-corrected chi connectivity index (χ1v) is 8.53. The van der Waals surface area contributed by atoms with Gasteiger partial charge in [-0.05, 0) is 62.8 Å². The van der Waals surface area contributed by atoms with E-state index in [0.29, 0.717) is 10.6 Å². The summed E-state index contributed by atoms with van der Waals surface area (Å²) in [6.45, 7) is 1.50. The monoisotopic (exact) mass is 450 g/mol. The van der Waals surface area contributed by atoms with Crippen LogP contribution in [0.3, 0.4) is 0 Å². The van der Waals surface area contributed by atoms with E-state index in [2.05, 4.69) is 15.9 Å². The van der Waals surface area contributed by atoms with Crippen LogP contribution in [0.4, 0.5) is 0 Å². The molecular formula is C10H9BrClIO3S. The van der Waals surface area contributed by atoms with E-state index in [9.17, 15) is 13.2 Å². The van der Waals surface area contributed by atoms with Gasteiger partial charge in [0.05, 0.1) is 5.75 Å². The van der Waals surface area contributed by atoms with Gasteiger partial charge in [-0.15, -0.1) is 0 Å². The van der Waals surface area contributed by atoms with Gasteiger partial charge in [0.25, 0.3) is 0 Å². The van der Waals surface area contributed by atoms with E-state index in [4.69, 9.17) is 11.6 Å². The van der Waals surface area contributed by atoms with Crippen molar-refractivity contribution < 1.29 is 13.2 Å². The maximum Gasteiger partial charge on any atom is 0.239 e. The van der Waals surface area contributed by atoms with Crippen LogP contribution < -0.4 is 0 Å². The first-order valence-electron chi connectivity index (χ1n) is 4.63. The highest BCUT2D eigenvalue weighted by Gasteiger charge is 2.45. The Morgan fingerprint density at radius 2 is 1.88 bits per heavy atom. The number of hydrogen-bond donors (Lipinski definition) is 0. The second-order valence-electron chi connectivity index (χ2n) is 3.26. The molecule has 0 heterocycles. The fourth-order valence-electron chi connectivity index (χ4n) is 1.09. The molecule has 0 saturated carbocycles. The molecule has 0 saturated heterocycles. The molecular weight excluding hydrogens is 442 g/mol. The van der Waals surface area contributed by atoms with E-state index in [1.54, 1.807) is 34.7 Å². The predicted molar refractivity (Wildman–Crippen MR) is 80.9 cm³/mol. The Morgan fingerprint density at radius 1 is 1.41 bits per heavy atom. The topological polar surface area (TPSA) is 51.2 Å². The van der Waals surface area contributed by atoms with E-state index in [1.807, 2.05) is 0 Å². The van der Waals surface area contributed by atoms with Crippen molar-refractivity contribution in [1.29, 1.82) is 0 Å². The first kappa shape index (κ1) is 15.4. The Hall–Kier alpha value is 0.340. The number of hydrogen-bond acceptors (Lipinski definition) is 3. The molecule has 0 radical (unpaired) electrons. The Labute approximate surface area is 127 Å². The molecule has 0 aliphatic heterocycles. The fraction of sp³-hybridized carbons (Fsp3) is 0.300. The number of alkyl halides is 2. The molecule has 0 aliphatic rings. The summed E-state index contributed by atoms with van der Waals surface area (Å²) < 4.78 is 22.0. The van der Waals surface area contributed by atoms with Gasteiger partial charge in [-0.1, -0.05) is 18.5 Å². The fourth-order valence-corrected chi connectivity index (χ4v) is 4.14. The SMILES string of the molecule is CCS(=O)(=O)C(Br)(I)C(=O)c1ccc(Cl)cc1. The number of carbonyl (C=O) groups excluding carboxylic acids is 1. The Bertz CT molecular complexity index is 525. The van der Waals surface area contributed by atoms with E-state index in [0.717, 1.165) is 0 Å². The highest BCUT2D eigenvalue weighted by atomic mass is 127. The van der Waals surface area contributed by atoms with Gasteiger partial charge in [0, 0.05) is 10.6 Å². The summed E-state index contributed by atoms with van der Waals surface area (Å²) in [6.07, 6.45) is 0. The molecule has 0 bridgehead atoms. The second-order valence-corrected chi connectivity index (χ2v) is 11.7. The van der Waals surface area contributed by atoms with Gasteiger partial charge in [0.15, 0.2) is 9.84 Å². The maximum absolute atomic E-state index is 12.1. The van der Waals surface area contributed by atoms with Crippen LogP contribution in [0.5, 0.6) is 0 Å². The van der Waals surface area contributed by atoms with Crippen molar-refractivity contribution in [2.24, 2.45) is 0 Å². The highest BCUT2D eigenvalue weighted by Crippen LogP contribution is 2.37. The van der Waals surface area contributed by atoms with Crippen molar-refractivity contribution in [3.63, 3.8) is 0 Å². The highest BCUT2D eigenvalue weighted by molar-refractivity contribution is 14.1. The van der Waals surface area contributed by atoms with E-state index >= 15 is 0 Å². The van der Waals surface area contributed by atoms with Crippen molar-refractivity contribution >= 4 is 65.7 Å². The average Bonchev–Trinajstić information content (AvgIpc) is 2.28. The van der Waals surface area contributed by atoms with Crippen LogP contribution in [0.1, 0.15) is 17.3 Å². The minimum atomic E-state index is -3.53. The molecule has 7 heteroatoms. The van der Waals surface area contributed by atoms with Crippen molar-refractivity contribution in [2.75, 3.05) is 5.75 Å². The Kier molecular flexibility index (Phi) is 5.02. The first-order chi connectivity index (χ1) is 7.72. The van der Waals surface area contributed by atoms with Crippen molar-refractivity contribution in [3.8, 4) is 0 Å². The molecule has 0 fully saturated rings. The third-order valence-electron chi connectivity index (χ3n) is 2.14. The average molecular weight is 452 g/mol. The summed E-state index contributed by atoms with van der Waals surface area (Å²) in [5.74, 6) is -0.614. The van der Waals surface area contributed by atoms with Gasteiger partial charge in [-0.2, -0.15) is 0 Å². The minimum Gasteiger partial charge on any atom is -0.290 e. The third-order valence-corrected chi connectivity index (χ3v) is 8.46. The van der Waals surface area contributed by atoms with Gasteiger partial charge in [0.2, 0.25) is 7.45 Å². The molecule has 0 N–H and O–H groups in total. The summed E-state index contributed by atoms with van der Waals surface area (Å²) in [6, 6.07) is 6.11. The van der Waals surface area contributed by atoms with Crippen LogP contribution >= 0.6 is 50.1 Å². The number of halogens is 3. The lowest BCUT2D eigenvalue weighted by Crippen LogP contribution is -2.35. The molecule has 3 nitrogen and oxygen atoms in total. The molecule has 0 amide bonds. The normalized spacial score (nSPS) is 15.3. The molecule has 0 aromatic heterocycles. The predicted octanol–water partition coefficient (Wildman–Crippen LogP) is 3.44. The zero-order valence-electron chi connectivity index (χ0n) is 8.78. The number of carbonyl (C=O) groups is 1. The summed E-state index contributed by atoms with van der Waals surface area (Å²) in [4.78, 5) is 12.1. The number of sulfone groups is 1. The molecule has 17 heavy (non-hydrogen) atoms. The van der Waals surface area contributed by atoms with E-state index in [-0.39, 0.29) is 5.75 Å². The van der Waals surface area contributed by atoms with Crippen molar-refractivity contribution in [1.82, 2.24) is 0 Å². The van der Waals surface area contributed by atoms with Gasteiger partial charge in [-0.3, -0.25) is 4.79 Å². The van der Waals surface area contributed by atoms with Crippen LogP contribution in [0.25, 0.3) is 0 Å². The zero-order valence-corrected chi connectivity index (χ0v) is 14.1. The number of rotatable bonds is 4. The van der Waals surface area contributed by atoms with Crippen LogP contribution in [-0.2, 0) is 9.84 Å². The molecule has 94 valence electrons. The molecule has 0 spiro atoms. The lowest BCUT2D eigenvalue weighted by Gasteiger charge is -2.18. The standard InChI is InChI=1S/C10H9BrClIO3S/c1-2-17(15,16)10(11,13)9(14)7-3-5-8(12)6-4-7/h3-6H,2H2,1H3. The van der Waals surface area contributed by atoms with Crippen molar-refractivity contribution in [2.45, 2.75) is 8.59 Å². The van der Waals surface area contributed by atoms with Gasteiger partial charge in [-0.25, -0.2) is 8.42 Å². The maximum atomic E-state index is 12.1. The molecule has 1 atom stereocenters. The van der Waals surface area contributed by atoms with Gasteiger partial charge >= 0.3 is 0 Å². The Balaban J connectivity index is 3.18. The molecule has 0 aliphatic carbocycles. The lowest BCUT2D eigenvalue weighted by molar-refractivity contribution is 0.101. The largest absolute Gasteiger partial charge is 0.290 e. The summed E-state index contributed by atoms with van der Waals surface area (Å²) >= 11 is 10.3. The number of ketones is 1. The Morgan fingerprint density at radius 3 is 2.29 bits per heavy atom. The van der Waals surface area contributed by atoms with E-state index in [1.165, 1.54) is 19.1 Å². The minimum absolute atomic E-state index is 0.111. The summed E-state index contributed by atoms with van der Waals surface area (Å²) in [7, 11) is -3.53. The van der Waals surface area contributed by atoms with Crippen LogP contribution in [-0.4, -0.2) is 21.6 Å². The smallest absolute Gasteiger partial charge is 0.239 e. The van der Waals surface area contributed by atoms with Crippen LogP contribution in [0, 0.1) is 0 Å². The molecule has 1 unspecified atom stereocenters. The molecule has 1 rings (SSSR count). The zero-order chi connectivity index (χ0) is 13.3. The lowest BCUT2D eigenvalue weighted by atomic mass is 10.1. The molecule has 1 aromatic rings. The van der Waals surface area contributed by atoms with E-state index < -0.39 is 17.3 Å². The summed E-state index contributed by atoms with van der Waals surface area (Å²) in [5.41, 5.74) is 0.303. The molecule has 1 aromatic carbocycles. The number of Topliss-reactive ketones (excluding diaryl/α,β-unsaturated/α-hetero) is 1. The van der Waals surface area contributed by atoms with Crippen LogP contribution in [0.2, 0.25) is 5.02 Å². The summed E-state index contributed by atoms with van der Waals surface area (Å²) in [5, 5.41) is 0.494. The van der Waals surface area contributed by atoms with Gasteiger partial charge in [0.1, 0.15) is 0 Å². The number of benzene rings is 1. The second kappa shape index (κ2) is 5.54. The van der Waals surface area contributed by atoms with Gasteiger partial charge < -0.3 is 0 Å². The quantitative estimate of drug-likeness (QED) is 0.400. The third kappa shape index (κ3) is 3.21. The van der Waals surface area contributed by atoms with Crippen LogP contribution in [0.15, 0.2) is 24.3 Å².